The lowest BCUT2D eigenvalue weighted by molar-refractivity contribution is -0.127. The first-order valence-corrected chi connectivity index (χ1v) is 6.95. The van der Waals surface area contributed by atoms with E-state index in [2.05, 4.69) is 10.3 Å². The summed E-state index contributed by atoms with van der Waals surface area (Å²) in [6, 6.07) is 1.93. The highest BCUT2D eigenvalue weighted by Gasteiger charge is 2.43. The van der Waals surface area contributed by atoms with E-state index in [1.165, 1.54) is 0 Å². The van der Waals surface area contributed by atoms with Crippen LogP contribution in [0.3, 0.4) is 0 Å². The summed E-state index contributed by atoms with van der Waals surface area (Å²) in [5.41, 5.74) is 7.29. The zero-order chi connectivity index (χ0) is 13.9. The lowest BCUT2D eigenvalue weighted by Gasteiger charge is -2.26. The minimum Gasteiger partial charge on any atom is -0.392 e. The molecule has 5 heteroatoms. The Labute approximate surface area is 118 Å². The van der Waals surface area contributed by atoms with E-state index in [1.54, 1.807) is 12.4 Å². The molecule has 1 aromatic rings. The minimum atomic E-state index is -0.633. The second-order valence-corrected chi connectivity index (χ2v) is 5.58. The summed E-state index contributed by atoms with van der Waals surface area (Å²) < 4.78 is 0. The smallest absolute Gasteiger partial charge is 0.233 e. The Hall–Kier alpha value is -1.49. The van der Waals surface area contributed by atoms with Gasteiger partial charge in [-0.3, -0.25) is 9.78 Å². The third kappa shape index (κ3) is 2.76. The molecule has 0 unspecified atom stereocenters. The van der Waals surface area contributed by atoms with Gasteiger partial charge in [0.15, 0.2) is 0 Å². The van der Waals surface area contributed by atoms with Crippen molar-refractivity contribution in [3.8, 4) is 0 Å². The van der Waals surface area contributed by atoms with Gasteiger partial charge in [-0.15, -0.1) is 0 Å². The number of pyridine rings is 1. The number of thiocarbonyl (C=S) groups is 1. The van der Waals surface area contributed by atoms with Crippen molar-refractivity contribution in [2.75, 3.05) is 0 Å². The molecule has 1 aliphatic rings. The summed E-state index contributed by atoms with van der Waals surface area (Å²) in [6.45, 7) is 2.48. The van der Waals surface area contributed by atoms with Crippen LogP contribution >= 0.6 is 12.2 Å². The van der Waals surface area contributed by atoms with Gasteiger partial charge in [0.25, 0.3) is 0 Å². The number of nitrogens with zero attached hydrogens (tertiary/aromatic N) is 1. The van der Waals surface area contributed by atoms with E-state index in [9.17, 15) is 4.79 Å². The maximum atomic E-state index is 12.4. The standard InChI is InChI=1S/C14H19N3OS/c1-10-4-7-16-8-11(10)9-17-13(18)14(12(15)19)5-2-3-6-14/h4,7-8H,2-3,5-6,9H2,1H3,(H2,15,19)(H,17,18). The fraction of sp³-hybridized carbons (Fsp3) is 0.500. The van der Waals surface area contributed by atoms with Crippen molar-refractivity contribution >= 4 is 23.1 Å². The molecule has 0 saturated heterocycles. The third-order valence-corrected chi connectivity index (χ3v) is 4.34. The molecular formula is C14H19N3OS. The Kier molecular flexibility index (Phi) is 4.14. The van der Waals surface area contributed by atoms with Gasteiger partial charge in [0, 0.05) is 18.9 Å². The predicted molar refractivity (Wildman–Crippen MR) is 78.5 cm³/mol. The number of nitrogens with one attached hydrogen (secondary N) is 1. The molecule has 0 atom stereocenters. The molecule has 1 aliphatic carbocycles. The van der Waals surface area contributed by atoms with Crippen LogP contribution in [0.25, 0.3) is 0 Å². The highest BCUT2D eigenvalue weighted by molar-refractivity contribution is 7.80. The predicted octanol–water partition coefficient (Wildman–Crippen LogP) is 1.85. The van der Waals surface area contributed by atoms with Crippen LogP contribution in [0.1, 0.15) is 36.8 Å². The highest BCUT2D eigenvalue weighted by Crippen LogP contribution is 2.38. The second-order valence-electron chi connectivity index (χ2n) is 5.14. The van der Waals surface area contributed by atoms with Gasteiger partial charge in [0.1, 0.15) is 0 Å². The number of nitrogens with two attached hydrogens (primary N) is 1. The van der Waals surface area contributed by atoms with Gasteiger partial charge < -0.3 is 11.1 Å². The van der Waals surface area contributed by atoms with Crippen molar-refractivity contribution in [1.82, 2.24) is 10.3 Å². The molecule has 2 rings (SSSR count). The van der Waals surface area contributed by atoms with Crippen LogP contribution in [0.2, 0.25) is 0 Å². The van der Waals surface area contributed by atoms with E-state index in [4.69, 9.17) is 18.0 Å². The normalized spacial score (nSPS) is 17.1. The number of carbonyl (C=O) groups excluding carboxylic acids is 1. The second kappa shape index (κ2) is 5.65. The summed E-state index contributed by atoms with van der Waals surface area (Å²) in [6.07, 6.45) is 7.07. The average Bonchev–Trinajstić information content (AvgIpc) is 2.88. The van der Waals surface area contributed by atoms with Crippen LogP contribution in [0.15, 0.2) is 18.5 Å². The van der Waals surface area contributed by atoms with Crippen molar-refractivity contribution < 1.29 is 4.79 Å². The Morgan fingerprint density at radius 1 is 1.53 bits per heavy atom. The molecule has 1 saturated carbocycles. The Morgan fingerprint density at radius 2 is 2.21 bits per heavy atom. The molecule has 4 nitrogen and oxygen atoms in total. The summed E-state index contributed by atoms with van der Waals surface area (Å²) in [7, 11) is 0. The fourth-order valence-electron chi connectivity index (χ4n) is 2.59. The molecule has 0 bridgehead atoms. The van der Waals surface area contributed by atoms with E-state index < -0.39 is 5.41 Å². The number of amides is 1. The van der Waals surface area contributed by atoms with E-state index in [-0.39, 0.29) is 5.91 Å². The minimum absolute atomic E-state index is 0.0410. The molecule has 102 valence electrons. The van der Waals surface area contributed by atoms with Crippen molar-refractivity contribution in [2.45, 2.75) is 39.2 Å². The van der Waals surface area contributed by atoms with E-state index in [0.717, 1.165) is 36.8 Å². The molecule has 1 heterocycles. The van der Waals surface area contributed by atoms with Crippen LogP contribution in [0, 0.1) is 12.3 Å². The van der Waals surface area contributed by atoms with Crippen molar-refractivity contribution in [3.63, 3.8) is 0 Å². The number of rotatable bonds is 4. The first kappa shape index (κ1) is 13.9. The summed E-state index contributed by atoms with van der Waals surface area (Å²) in [5.74, 6) is -0.0410. The van der Waals surface area contributed by atoms with E-state index >= 15 is 0 Å². The number of hydrogen-bond acceptors (Lipinski definition) is 3. The van der Waals surface area contributed by atoms with Crippen LogP contribution < -0.4 is 11.1 Å². The SMILES string of the molecule is Cc1ccncc1CNC(=O)C1(C(N)=S)CCCC1. The van der Waals surface area contributed by atoms with Gasteiger partial charge in [0.2, 0.25) is 5.91 Å². The van der Waals surface area contributed by atoms with Crippen LogP contribution in [0.4, 0.5) is 0 Å². The van der Waals surface area contributed by atoms with Gasteiger partial charge in [0.05, 0.1) is 10.4 Å². The van der Waals surface area contributed by atoms with Crippen LogP contribution in [0.5, 0.6) is 0 Å². The van der Waals surface area contributed by atoms with Gasteiger partial charge in [-0.25, -0.2) is 0 Å². The number of hydrogen-bond donors (Lipinski definition) is 2. The molecule has 0 spiro atoms. The average molecular weight is 277 g/mol. The largest absolute Gasteiger partial charge is 0.392 e. The van der Waals surface area contributed by atoms with Gasteiger partial charge in [-0.05, 0) is 37.0 Å². The number of aryl methyl sites for hydroxylation is 1. The van der Waals surface area contributed by atoms with Gasteiger partial charge in [-0.2, -0.15) is 0 Å². The molecule has 0 aliphatic heterocycles. The molecule has 1 amide bonds. The van der Waals surface area contributed by atoms with Crippen molar-refractivity contribution in [1.29, 1.82) is 0 Å². The maximum absolute atomic E-state index is 12.4. The Bertz CT molecular complexity index is 495. The maximum Gasteiger partial charge on any atom is 0.233 e. The Balaban J connectivity index is 2.05. The molecule has 19 heavy (non-hydrogen) atoms. The van der Waals surface area contributed by atoms with Crippen molar-refractivity contribution in [3.05, 3.63) is 29.6 Å². The zero-order valence-electron chi connectivity index (χ0n) is 11.1. The fourth-order valence-corrected chi connectivity index (χ4v) is 2.89. The van der Waals surface area contributed by atoms with Crippen LogP contribution in [-0.2, 0) is 11.3 Å². The molecule has 0 radical (unpaired) electrons. The Morgan fingerprint density at radius 3 is 2.79 bits per heavy atom. The first-order valence-electron chi connectivity index (χ1n) is 6.54. The van der Waals surface area contributed by atoms with Gasteiger partial charge in [-0.1, -0.05) is 25.1 Å². The van der Waals surface area contributed by atoms with Crippen molar-refractivity contribution in [2.24, 2.45) is 11.1 Å². The first-order chi connectivity index (χ1) is 9.06. The molecule has 3 N–H and O–H groups in total. The molecule has 0 aromatic carbocycles. The highest BCUT2D eigenvalue weighted by atomic mass is 32.1. The topological polar surface area (TPSA) is 68.0 Å². The zero-order valence-corrected chi connectivity index (χ0v) is 11.9. The number of carbonyl (C=O) groups is 1. The summed E-state index contributed by atoms with van der Waals surface area (Å²) in [4.78, 5) is 16.8. The van der Waals surface area contributed by atoms with Crippen LogP contribution in [-0.4, -0.2) is 15.9 Å². The number of aromatic nitrogens is 1. The van der Waals surface area contributed by atoms with E-state index in [0.29, 0.717) is 11.5 Å². The molecular weight excluding hydrogens is 258 g/mol. The lowest BCUT2D eigenvalue weighted by atomic mass is 9.85. The quantitative estimate of drug-likeness (QED) is 0.824. The van der Waals surface area contributed by atoms with E-state index in [1.807, 2.05) is 13.0 Å². The summed E-state index contributed by atoms with van der Waals surface area (Å²) in [5, 5.41) is 2.96. The monoisotopic (exact) mass is 277 g/mol. The third-order valence-electron chi connectivity index (χ3n) is 3.95. The lowest BCUT2D eigenvalue weighted by Crippen LogP contribution is -2.47. The summed E-state index contributed by atoms with van der Waals surface area (Å²) >= 11 is 5.10. The van der Waals surface area contributed by atoms with Gasteiger partial charge >= 0.3 is 0 Å². The molecule has 1 fully saturated rings. The molecule has 1 aromatic heterocycles.